The number of fused-ring (bicyclic) bond motifs is 9. The minimum absolute atomic E-state index is 0.0665. The lowest BCUT2D eigenvalue weighted by Crippen LogP contribution is -2.16. The van der Waals surface area contributed by atoms with Crippen molar-refractivity contribution >= 4 is 48.6 Å². The van der Waals surface area contributed by atoms with Gasteiger partial charge in [-0.05, 0) is 80.4 Å². The molecule has 0 spiro atoms. The Balaban J connectivity index is 1.18. The van der Waals surface area contributed by atoms with E-state index in [0.29, 0.717) is 0 Å². The van der Waals surface area contributed by atoms with E-state index in [-0.39, 0.29) is 10.8 Å². The number of benzene rings is 8. The highest BCUT2D eigenvalue weighted by molar-refractivity contribution is 7.26. The normalized spacial score (nSPS) is 14.4. The van der Waals surface area contributed by atoms with Crippen LogP contribution in [-0.4, -0.2) is 0 Å². The first kappa shape index (κ1) is 33.1. The topological polar surface area (TPSA) is 3.24 Å². The Kier molecular flexibility index (Phi) is 7.18. The van der Waals surface area contributed by atoms with Crippen molar-refractivity contribution in [3.05, 3.63) is 198 Å². The average molecular weight is 736 g/mol. The largest absolute Gasteiger partial charge is 0.309 e. The zero-order chi connectivity index (χ0) is 37.8. The van der Waals surface area contributed by atoms with Gasteiger partial charge in [-0.25, -0.2) is 0 Å². The Hall–Kier alpha value is -6.22. The Labute approximate surface area is 333 Å². The van der Waals surface area contributed by atoms with Gasteiger partial charge in [0.2, 0.25) is 0 Å². The SMILES string of the molecule is CC1(C)c2ccccc2-c2c(-c3cccc(N(c4ccccc4-c4cccc5c4sc4ccccc45)c4cccc5c4-c4ccccc4C5(C)C)c3)cccc21. The fraction of sp³-hybridized carbons (Fsp3) is 0.111. The summed E-state index contributed by atoms with van der Waals surface area (Å²) in [4.78, 5) is 2.54. The third kappa shape index (κ3) is 4.66. The summed E-state index contributed by atoms with van der Waals surface area (Å²) in [5.41, 5.74) is 19.1. The van der Waals surface area contributed by atoms with Crippen LogP contribution in [0.3, 0.4) is 0 Å². The van der Waals surface area contributed by atoms with Crippen molar-refractivity contribution in [1.29, 1.82) is 0 Å². The second kappa shape index (κ2) is 12.1. The van der Waals surface area contributed by atoms with Crippen LogP contribution in [0.2, 0.25) is 0 Å². The molecule has 1 nitrogen and oxygen atoms in total. The van der Waals surface area contributed by atoms with E-state index in [4.69, 9.17) is 0 Å². The second-order valence-electron chi connectivity index (χ2n) is 16.5. The number of para-hydroxylation sites is 1. The summed E-state index contributed by atoms with van der Waals surface area (Å²) in [6.45, 7) is 9.47. The molecule has 0 radical (unpaired) electrons. The summed E-state index contributed by atoms with van der Waals surface area (Å²) in [6, 6.07) is 65.7. The van der Waals surface area contributed by atoms with Crippen molar-refractivity contribution < 1.29 is 0 Å². The molecule has 0 saturated heterocycles. The van der Waals surface area contributed by atoms with Gasteiger partial charge in [0, 0.05) is 53.4 Å². The zero-order valence-corrected chi connectivity index (χ0v) is 32.9. The molecule has 0 aliphatic heterocycles. The summed E-state index contributed by atoms with van der Waals surface area (Å²) in [6.07, 6.45) is 0. The van der Waals surface area contributed by atoms with E-state index in [1.54, 1.807) is 0 Å². The highest BCUT2D eigenvalue weighted by Crippen LogP contribution is 2.56. The number of nitrogens with zero attached hydrogens (tertiary/aromatic N) is 1. The Morgan fingerprint density at radius 3 is 1.70 bits per heavy atom. The molecule has 8 aromatic carbocycles. The van der Waals surface area contributed by atoms with Crippen LogP contribution < -0.4 is 4.90 Å². The molecule has 0 atom stereocenters. The molecule has 11 rings (SSSR count). The van der Waals surface area contributed by atoms with Crippen LogP contribution in [0.1, 0.15) is 49.9 Å². The molecule has 0 saturated carbocycles. The monoisotopic (exact) mass is 735 g/mol. The van der Waals surface area contributed by atoms with E-state index in [0.717, 1.165) is 11.4 Å². The number of hydrogen-bond acceptors (Lipinski definition) is 2. The molecule has 2 aliphatic carbocycles. The van der Waals surface area contributed by atoms with Crippen LogP contribution in [0.4, 0.5) is 17.1 Å². The molecule has 268 valence electrons. The van der Waals surface area contributed by atoms with Gasteiger partial charge in [-0.15, -0.1) is 11.3 Å². The first-order chi connectivity index (χ1) is 27.3. The first-order valence-corrected chi connectivity index (χ1v) is 20.5. The molecule has 56 heavy (non-hydrogen) atoms. The van der Waals surface area contributed by atoms with Gasteiger partial charge in [-0.2, -0.15) is 0 Å². The summed E-state index contributed by atoms with van der Waals surface area (Å²) >= 11 is 1.89. The maximum absolute atomic E-state index is 2.54. The third-order valence-electron chi connectivity index (χ3n) is 12.7. The van der Waals surface area contributed by atoms with Gasteiger partial charge >= 0.3 is 0 Å². The minimum Gasteiger partial charge on any atom is -0.309 e. The lowest BCUT2D eigenvalue weighted by Gasteiger charge is -2.31. The molecule has 0 fully saturated rings. The summed E-state index contributed by atoms with van der Waals surface area (Å²) in [7, 11) is 0. The van der Waals surface area contributed by atoms with Crippen molar-refractivity contribution in [2.45, 2.75) is 38.5 Å². The molecule has 1 aromatic heterocycles. The lowest BCUT2D eigenvalue weighted by molar-refractivity contribution is 0.660. The molecule has 9 aromatic rings. The molecule has 0 amide bonds. The van der Waals surface area contributed by atoms with E-state index in [1.807, 2.05) is 11.3 Å². The van der Waals surface area contributed by atoms with Crippen molar-refractivity contribution in [2.24, 2.45) is 0 Å². The van der Waals surface area contributed by atoms with Crippen LogP contribution >= 0.6 is 11.3 Å². The van der Waals surface area contributed by atoms with Gasteiger partial charge < -0.3 is 4.90 Å². The highest BCUT2D eigenvalue weighted by Gasteiger charge is 2.39. The van der Waals surface area contributed by atoms with E-state index in [9.17, 15) is 0 Å². The van der Waals surface area contributed by atoms with Crippen LogP contribution in [0.25, 0.3) is 64.7 Å². The molecule has 0 N–H and O–H groups in total. The Morgan fingerprint density at radius 2 is 0.911 bits per heavy atom. The van der Waals surface area contributed by atoms with Crippen LogP contribution in [0.15, 0.2) is 176 Å². The van der Waals surface area contributed by atoms with Gasteiger partial charge in [-0.1, -0.05) is 173 Å². The number of anilines is 3. The highest BCUT2D eigenvalue weighted by atomic mass is 32.1. The van der Waals surface area contributed by atoms with E-state index in [2.05, 4.69) is 209 Å². The molecule has 0 unspecified atom stereocenters. The van der Waals surface area contributed by atoms with Gasteiger partial charge in [0.05, 0.1) is 11.4 Å². The fourth-order valence-electron chi connectivity index (χ4n) is 9.99. The minimum atomic E-state index is -0.123. The Morgan fingerprint density at radius 1 is 0.393 bits per heavy atom. The molecule has 2 heteroatoms. The molecular weight excluding hydrogens is 695 g/mol. The van der Waals surface area contributed by atoms with Crippen LogP contribution in [0, 0.1) is 0 Å². The maximum atomic E-state index is 2.54. The first-order valence-electron chi connectivity index (χ1n) is 19.7. The molecule has 0 bridgehead atoms. The number of hydrogen-bond donors (Lipinski definition) is 0. The second-order valence-corrected chi connectivity index (χ2v) is 17.5. The fourth-order valence-corrected chi connectivity index (χ4v) is 11.2. The summed E-state index contributed by atoms with van der Waals surface area (Å²) in [5.74, 6) is 0. The molecule has 2 aliphatic rings. The van der Waals surface area contributed by atoms with Crippen LogP contribution in [0.5, 0.6) is 0 Å². The smallest absolute Gasteiger partial charge is 0.0543 e. The Bertz CT molecular complexity index is 3050. The third-order valence-corrected chi connectivity index (χ3v) is 13.9. The molecule has 1 heterocycles. The number of thiophene rings is 1. The van der Waals surface area contributed by atoms with Gasteiger partial charge in [0.15, 0.2) is 0 Å². The van der Waals surface area contributed by atoms with E-state index >= 15 is 0 Å². The maximum Gasteiger partial charge on any atom is 0.0543 e. The predicted molar refractivity (Wildman–Crippen MR) is 240 cm³/mol. The van der Waals surface area contributed by atoms with Crippen molar-refractivity contribution in [3.8, 4) is 44.5 Å². The summed E-state index contributed by atoms with van der Waals surface area (Å²) < 4.78 is 2.64. The lowest BCUT2D eigenvalue weighted by atomic mass is 9.82. The van der Waals surface area contributed by atoms with Crippen molar-refractivity contribution in [3.63, 3.8) is 0 Å². The van der Waals surface area contributed by atoms with Crippen molar-refractivity contribution in [1.82, 2.24) is 0 Å². The van der Waals surface area contributed by atoms with Gasteiger partial charge in [0.25, 0.3) is 0 Å². The quantitative estimate of drug-likeness (QED) is 0.170. The predicted octanol–water partition coefficient (Wildman–Crippen LogP) is 15.5. The van der Waals surface area contributed by atoms with Crippen molar-refractivity contribution in [2.75, 3.05) is 4.90 Å². The summed E-state index contributed by atoms with van der Waals surface area (Å²) in [5, 5.41) is 2.63. The van der Waals surface area contributed by atoms with Gasteiger partial charge in [0.1, 0.15) is 0 Å². The van der Waals surface area contributed by atoms with E-state index < -0.39 is 0 Å². The number of rotatable bonds is 5. The van der Waals surface area contributed by atoms with Gasteiger partial charge in [-0.3, -0.25) is 0 Å². The van der Waals surface area contributed by atoms with Crippen LogP contribution in [-0.2, 0) is 10.8 Å². The average Bonchev–Trinajstić information content (AvgIpc) is 3.82. The van der Waals surface area contributed by atoms with E-state index in [1.165, 1.54) is 92.6 Å². The standard InChI is InChI=1S/C54H41NS/c1-53(2)43-26-9-5-21-41(43)50-36(23-15-28-45(50)53)34-17-13-18-35(33-34)55(48-31-16-29-46-51(48)42-22-6-10-27-44(42)54(46,3)4)47-30-11-7-19-37(47)39-24-14-25-40-38-20-8-12-32-49(38)56-52(39)40/h5-33H,1-4H3. The molecular formula is C54H41NS. The zero-order valence-electron chi connectivity index (χ0n) is 32.1.